The summed E-state index contributed by atoms with van der Waals surface area (Å²) in [5, 5.41) is 5.55. The number of anilines is 2. The van der Waals surface area contributed by atoms with Gasteiger partial charge in [-0.15, -0.1) is 0 Å². The Labute approximate surface area is 198 Å². The van der Waals surface area contributed by atoms with Crippen LogP contribution in [0.1, 0.15) is 5.56 Å². The number of nitrogens with one attached hydrogen (secondary N) is 2. The summed E-state index contributed by atoms with van der Waals surface area (Å²) in [7, 11) is 0. The summed E-state index contributed by atoms with van der Waals surface area (Å²) in [5.41, 5.74) is 0.822. The molecule has 11 heteroatoms. The highest BCUT2D eigenvalue weighted by molar-refractivity contribution is 5.84. The third-order valence-corrected chi connectivity index (χ3v) is 5.74. The number of amides is 1. The summed E-state index contributed by atoms with van der Waals surface area (Å²) < 4.78 is 55.7. The van der Waals surface area contributed by atoms with Gasteiger partial charge in [0.2, 0.25) is 5.95 Å². The summed E-state index contributed by atoms with van der Waals surface area (Å²) in [6.45, 7) is 0.373. The standard InChI is InChI=1S/C24H21F3N4O4/c25-24(26,27)15-7-4-8-16(11-15)29-23(32)35-19-13-34-20-18(12-33-21(19)20)31-22-28-10-9-17(30-22)14-5-2-1-3-6-14/h1-11,18-21H,12-13H2,(H,29,32)(H,28,30,31)/t18-,19+,20+,21+/m0/s1. The molecule has 2 aliphatic rings. The first-order valence-electron chi connectivity index (χ1n) is 10.9. The first kappa shape index (κ1) is 23.1. The number of carbonyl (C=O) groups excluding carboxylic acids is 1. The number of carbonyl (C=O) groups is 1. The summed E-state index contributed by atoms with van der Waals surface area (Å²) in [6.07, 6.45) is -5.41. The number of ether oxygens (including phenoxy) is 3. The normalized spacial score (nSPS) is 23.5. The minimum Gasteiger partial charge on any atom is -0.441 e. The second-order valence-corrected chi connectivity index (χ2v) is 8.13. The maximum absolute atomic E-state index is 12.9. The number of alkyl halides is 3. The van der Waals surface area contributed by atoms with E-state index in [0.29, 0.717) is 5.95 Å². The van der Waals surface area contributed by atoms with Gasteiger partial charge in [-0.3, -0.25) is 5.32 Å². The fraction of sp³-hybridized carbons (Fsp3) is 0.292. The van der Waals surface area contributed by atoms with Gasteiger partial charge >= 0.3 is 12.3 Å². The number of halogens is 3. The Bertz CT molecular complexity index is 1190. The average Bonchev–Trinajstić information content (AvgIpc) is 3.43. The molecule has 4 atom stereocenters. The van der Waals surface area contributed by atoms with Crippen LogP contribution in [0.5, 0.6) is 0 Å². The smallest absolute Gasteiger partial charge is 0.416 e. The summed E-state index contributed by atoms with van der Waals surface area (Å²) in [5.74, 6) is 0.413. The van der Waals surface area contributed by atoms with Crippen LogP contribution < -0.4 is 10.6 Å². The van der Waals surface area contributed by atoms with Gasteiger partial charge in [0.25, 0.3) is 0 Å². The largest absolute Gasteiger partial charge is 0.441 e. The molecule has 2 aromatic carbocycles. The third-order valence-electron chi connectivity index (χ3n) is 5.74. The zero-order valence-corrected chi connectivity index (χ0v) is 18.2. The van der Waals surface area contributed by atoms with Crippen molar-refractivity contribution in [1.82, 2.24) is 9.97 Å². The Morgan fingerprint density at radius 2 is 1.80 bits per heavy atom. The van der Waals surface area contributed by atoms with Crippen molar-refractivity contribution in [2.45, 2.75) is 30.5 Å². The third kappa shape index (κ3) is 5.20. The Balaban J connectivity index is 1.19. The van der Waals surface area contributed by atoms with Gasteiger partial charge in [-0.25, -0.2) is 14.8 Å². The van der Waals surface area contributed by atoms with Crippen LogP contribution in [0.4, 0.5) is 29.6 Å². The molecule has 2 fully saturated rings. The van der Waals surface area contributed by atoms with E-state index in [1.54, 1.807) is 6.20 Å². The van der Waals surface area contributed by atoms with Crippen LogP contribution in [-0.4, -0.2) is 53.6 Å². The highest BCUT2D eigenvalue weighted by Crippen LogP contribution is 2.32. The molecule has 35 heavy (non-hydrogen) atoms. The average molecular weight is 486 g/mol. The van der Waals surface area contributed by atoms with Crippen LogP contribution in [0.2, 0.25) is 0 Å². The number of benzene rings is 2. The molecule has 0 radical (unpaired) electrons. The topological polar surface area (TPSA) is 94.6 Å². The highest BCUT2D eigenvalue weighted by Gasteiger charge is 2.49. The SMILES string of the molecule is O=C(Nc1cccc(C(F)(F)F)c1)O[C@@H]1CO[C@H]2[C@@H]1OC[C@@H]2Nc1nccc(-c2ccccc2)n1. The van der Waals surface area contributed by atoms with E-state index < -0.39 is 36.1 Å². The van der Waals surface area contributed by atoms with Gasteiger partial charge in [-0.1, -0.05) is 36.4 Å². The number of hydrogen-bond acceptors (Lipinski definition) is 7. The predicted molar refractivity (Wildman–Crippen MR) is 120 cm³/mol. The van der Waals surface area contributed by atoms with Crippen molar-refractivity contribution in [3.8, 4) is 11.3 Å². The molecule has 0 unspecified atom stereocenters. The van der Waals surface area contributed by atoms with Gasteiger partial charge in [0.05, 0.1) is 30.5 Å². The van der Waals surface area contributed by atoms with Crippen LogP contribution in [0.15, 0.2) is 66.9 Å². The zero-order valence-electron chi connectivity index (χ0n) is 18.2. The van der Waals surface area contributed by atoms with Gasteiger partial charge in [0.1, 0.15) is 12.2 Å². The molecule has 0 bridgehead atoms. The fourth-order valence-corrected chi connectivity index (χ4v) is 4.11. The summed E-state index contributed by atoms with van der Waals surface area (Å²) in [6, 6.07) is 15.5. The highest BCUT2D eigenvalue weighted by atomic mass is 19.4. The van der Waals surface area contributed by atoms with Gasteiger partial charge < -0.3 is 19.5 Å². The van der Waals surface area contributed by atoms with Crippen molar-refractivity contribution in [2.75, 3.05) is 23.8 Å². The fourth-order valence-electron chi connectivity index (χ4n) is 4.11. The van der Waals surface area contributed by atoms with Crippen molar-refractivity contribution >= 4 is 17.7 Å². The van der Waals surface area contributed by atoms with E-state index in [2.05, 4.69) is 20.6 Å². The molecule has 0 aliphatic carbocycles. The van der Waals surface area contributed by atoms with E-state index in [-0.39, 0.29) is 24.9 Å². The second kappa shape index (κ2) is 9.51. The van der Waals surface area contributed by atoms with E-state index in [1.807, 2.05) is 36.4 Å². The van der Waals surface area contributed by atoms with Crippen molar-refractivity contribution in [2.24, 2.45) is 0 Å². The molecule has 3 aromatic rings. The van der Waals surface area contributed by atoms with Crippen LogP contribution in [-0.2, 0) is 20.4 Å². The Morgan fingerprint density at radius 1 is 1.00 bits per heavy atom. The van der Waals surface area contributed by atoms with E-state index >= 15 is 0 Å². The lowest BCUT2D eigenvalue weighted by Gasteiger charge is -2.18. The molecule has 1 amide bonds. The molecule has 5 rings (SSSR count). The van der Waals surface area contributed by atoms with E-state index in [9.17, 15) is 18.0 Å². The van der Waals surface area contributed by atoms with Crippen LogP contribution >= 0.6 is 0 Å². The van der Waals surface area contributed by atoms with Crippen molar-refractivity contribution in [3.63, 3.8) is 0 Å². The molecule has 2 aliphatic heterocycles. The van der Waals surface area contributed by atoms with E-state index in [4.69, 9.17) is 14.2 Å². The Kier molecular flexibility index (Phi) is 6.27. The first-order valence-corrected chi connectivity index (χ1v) is 10.9. The first-order chi connectivity index (χ1) is 16.9. The lowest BCUT2D eigenvalue weighted by molar-refractivity contribution is -0.137. The lowest BCUT2D eigenvalue weighted by atomic mass is 10.1. The second-order valence-electron chi connectivity index (χ2n) is 8.13. The van der Waals surface area contributed by atoms with Crippen LogP contribution in [0, 0.1) is 0 Å². The molecule has 3 heterocycles. The molecule has 1 aromatic heterocycles. The van der Waals surface area contributed by atoms with Gasteiger partial charge in [0, 0.05) is 17.4 Å². The van der Waals surface area contributed by atoms with Crippen LogP contribution in [0.25, 0.3) is 11.3 Å². The summed E-state index contributed by atoms with van der Waals surface area (Å²) >= 11 is 0. The lowest BCUT2D eigenvalue weighted by Crippen LogP contribution is -2.38. The minimum atomic E-state index is -4.52. The number of aromatic nitrogens is 2. The Hall–Kier alpha value is -3.70. The molecule has 0 saturated carbocycles. The molecule has 8 nitrogen and oxygen atoms in total. The molecular formula is C24H21F3N4O4. The molecule has 0 spiro atoms. The van der Waals surface area contributed by atoms with Gasteiger partial charge in [-0.2, -0.15) is 13.2 Å². The maximum Gasteiger partial charge on any atom is 0.416 e. The number of rotatable bonds is 5. The van der Waals surface area contributed by atoms with Crippen molar-refractivity contribution in [1.29, 1.82) is 0 Å². The molecular weight excluding hydrogens is 465 g/mol. The van der Waals surface area contributed by atoms with Crippen LogP contribution in [0.3, 0.4) is 0 Å². The van der Waals surface area contributed by atoms with Gasteiger partial charge in [-0.05, 0) is 24.3 Å². The molecule has 2 saturated heterocycles. The predicted octanol–water partition coefficient (Wildman–Crippen LogP) is 4.36. The van der Waals surface area contributed by atoms with Crippen molar-refractivity contribution in [3.05, 3.63) is 72.4 Å². The maximum atomic E-state index is 12.9. The molecule has 2 N–H and O–H groups in total. The van der Waals surface area contributed by atoms with Crippen molar-refractivity contribution < 1.29 is 32.2 Å². The quantitative estimate of drug-likeness (QED) is 0.554. The minimum absolute atomic E-state index is 0.0254. The Morgan fingerprint density at radius 3 is 2.60 bits per heavy atom. The number of fused-ring (bicyclic) bond motifs is 1. The van der Waals surface area contributed by atoms with E-state index in [0.717, 1.165) is 23.4 Å². The van der Waals surface area contributed by atoms with E-state index in [1.165, 1.54) is 12.1 Å². The number of hydrogen-bond donors (Lipinski definition) is 2. The summed E-state index contributed by atoms with van der Waals surface area (Å²) in [4.78, 5) is 21.1. The number of nitrogens with zero attached hydrogens (tertiary/aromatic N) is 2. The molecule has 182 valence electrons. The monoisotopic (exact) mass is 486 g/mol. The zero-order chi connectivity index (χ0) is 24.4. The van der Waals surface area contributed by atoms with Gasteiger partial charge in [0.15, 0.2) is 6.10 Å².